The molecule has 0 aliphatic heterocycles. The maximum atomic E-state index is 4.75. The number of nitrogens with zero attached hydrogens (tertiary/aromatic N) is 3. The summed E-state index contributed by atoms with van der Waals surface area (Å²) in [6, 6.07) is 16.3. The van der Waals surface area contributed by atoms with Crippen molar-refractivity contribution in [1.29, 1.82) is 0 Å². The summed E-state index contributed by atoms with van der Waals surface area (Å²) < 4.78 is 0. The first-order valence-corrected chi connectivity index (χ1v) is 8.96. The van der Waals surface area contributed by atoms with Gasteiger partial charge in [-0.15, -0.1) is 0 Å². The molecule has 3 heteroatoms. The fourth-order valence-corrected chi connectivity index (χ4v) is 2.89. The van der Waals surface area contributed by atoms with Crippen molar-refractivity contribution >= 4 is 5.57 Å². The Labute approximate surface area is 160 Å². The van der Waals surface area contributed by atoms with Gasteiger partial charge in [-0.3, -0.25) is 0 Å². The molecule has 0 saturated carbocycles. The fourth-order valence-electron chi connectivity index (χ4n) is 2.89. The maximum absolute atomic E-state index is 4.75. The summed E-state index contributed by atoms with van der Waals surface area (Å²) in [5.74, 6) is 1.94. The highest BCUT2D eigenvalue weighted by molar-refractivity contribution is 5.73. The quantitative estimate of drug-likeness (QED) is 0.531. The summed E-state index contributed by atoms with van der Waals surface area (Å²) in [7, 11) is 0. The summed E-state index contributed by atoms with van der Waals surface area (Å²) in [4.78, 5) is 14.2. The van der Waals surface area contributed by atoms with Gasteiger partial charge in [0, 0.05) is 16.7 Å². The second-order valence-electron chi connectivity index (χ2n) is 6.40. The molecule has 0 atom stereocenters. The molecular formula is C24H23N3. The number of aromatic nitrogens is 3. The van der Waals surface area contributed by atoms with Crippen molar-refractivity contribution in [1.82, 2.24) is 15.0 Å². The van der Waals surface area contributed by atoms with Gasteiger partial charge in [-0.2, -0.15) is 0 Å². The van der Waals surface area contributed by atoms with Crippen LogP contribution in [0, 0.1) is 13.8 Å². The highest BCUT2D eigenvalue weighted by Crippen LogP contribution is 2.24. The van der Waals surface area contributed by atoms with Gasteiger partial charge in [0.05, 0.1) is 0 Å². The van der Waals surface area contributed by atoms with E-state index in [1.807, 2.05) is 55.5 Å². The average molecular weight is 353 g/mol. The summed E-state index contributed by atoms with van der Waals surface area (Å²) in [5, 5.41) is 0. The lowest BCUT2D eigenvalue weighted by atomic mass is 10.1. The Hall–Kier alpha value is -3.33. The molecule has 0 unspecified atom stereocenters. The van der Waals surface area contributed by atoms with Crippen LogP contribution in [0.15, 0.2) is 79.4 Å². The predicted octanol–water partition coefficient (Wildman–Crippen LogP) is 5.97. The molecule has 0 aliphatic carbocycles. The van der Waals surface area contributed by atoms with Gasteiger partial charge in [-0.1, -0.05) is 78.4 Å². The van der Waals surface area contributed by atoms with Crippen molar-refractivity contribution in [2.45, 2.75) is 20.8 Å². The Kier molecular flexibility index (Phi) is 5.72. The first kappa shape index (κ1) is 18.5. The minimum Gasteiger partial charge on any atom is -0.208 e. The van der Waals surface area contributed by atoms with Crippen molar-refractivity contribution < 1.29 is 0 Å². The van der Waals surface area contributed by atoms with Crippen LogP contribution in [0.1, 0.15) is 23.9 Å². The zero-order chi connectivity index (χ0) is 19.2. The second kappa shape index (κ2) is 8.37. The lowest BCUT2D eigenvalue weighted by molar-refractivity contribution is 1.04. The number of benzene rings is 2. The summed E-state index contributed by atoms with van der Waals surface area (Å²) in [6.45, 7) is 10.1. The van der Waals surface area contributed by atoms with Gasteiger partial charge in [0.25, 0.3) is 0 Å². The largest absolute Gasteiger partial charge is 0.208 e. The van der Waals surface area contributed by atoms with Crippen molar-refractivity contribution in [3.63, 3.8) is 0 Å². The molecule has 0 bridgehead atoms. The lowest BCUT2D eigenvalue weighted by Gasteiger charge is -2.09. The molecule has 0 aliphatic rings. The van der Waals surface area contributed by atoms with Crippen LogP contribution in [0.2, 0.25) is 0 Å². The molecule has 1 aromatic heterocycles. The normalized spacial score (nSPS) is 11.7. The highest BCUT2D eigenvalue weighted by atomic mass is 15.0. The van der Waals surface area contributed by atoms with E-state index in [9.17, 15) is 0 Å². The Morgan fingerprint density at radius 1 is 0.852 bits per heavy atom. The Morgan fingerprint density at radius 3 is 2.07 bits per heavy atom. The molecule has 3 rings (SSSR count). The number of aryl methyl sites for hydroxylation is 2. The van der Waals surface area contributed by atoms with Crippen molar-refractivity contribution in [3.05, 3.63) is 96.4 Å². The Balaban J connectivity index is 2.24. The maximum Gasteiger partial charge on any atom is 0.164 e. The topological polar surface area (TPSA) is 38.7 Å². The van der Waals surface area contributed by atoms with E-state index in [0.29, 0.717) is 17.5 Å². The molecule has 3 aromatic rings. The van der Waals surface area contributed by atoms with E-state index in [2.05, 4.69) is 38.6 Å². The molecule has 27 heavy (non-hydrogen) atoms. The summed E-state index contributed by atoms with van der Waals surface area (Å²) in [5.41, 5.74) is 5.17. The first-order valence-electron chi connectivity index (χ1n) is 8.96. The highest BCUT2D eigenvalue weighted by Gasteiger charge is 2.12. The third kappa shape index (κ3) is 4.45. The van der Waals surface area contributed by atoms with E-state index < -0.39 is 0 Å². The van der Waals surface area contributed by atoms with Gasteiger partial charge in [-0.25, -0.2) is 15.0 Å². The zero-order valence-corrected chi connectivity index (χ0v) is 16.0. The van der Waals surface area contributed by atoms with Crippen molar-refractivity contribution in [3.8, 4) is 22.8 Å². The van der Waals surface area contributed by atoms with E-state index in [0.717, 1.165) is 16.7 Å². The molecule has 1 heterocycles. The average Bonchev–Trinajstić information content (AvgIpc) is 2.68. The molecular weight excluding hydrogens is 330 g/mol. The molecule has 0 spiro atoms. The second-order valence-corrected chi connectivity index (χ2v) is 6.40. The fraction of sp³-hybridized carbons (Fsp3) is 0.125. The Morgan fingerprint density at radius 2 is 1.48 bits per heavy atom. The zero-order valence-electron chi connectivity index (χ0n) is 16.0. The minimum absolute atomic E-state index is 0.617. The molecule has 3 nitrogen and oxygen atoms in total. The molecule has 0 N–H and O–H groups in total. The van der Waals surface area contributed by atoms with Gasteiger partial charge in [0.15, 0.2) is 17.5 Å². The van der Waals surface area contributed by atoms with E-state index >= 15 is 0 Å². The van der Waals surface area contributed by atoms with Crippen molar-refractivity contribution in [2.24, 2.45) is 0 Å². The van der Waals surface area contributed by atoms with Crippen LogP contribution in [-0.4, -0.2) is 15.0 Å². The number of allylic oxidation sites excluding steroid dienone is 5. The number of rotatable bonds is 5. The van der Waals surface area contributed by atoms with E-state index in [-0.39, 0.29) is 0 Å². The molecule has 134 valence electrons. The monoisotopic (exact) mass is 353 g/mol. The van der Waals surface area contributed by atoms with Crippen LogP contribution in [0.5, 0.6) is 0 Å². The van der Waals surface area contributed by atoms with Gasteiger partial charge in [0.1, 0.15) is 0 Å². The summed E-state index contributed by atoms with van der Waals surface area (Å²) in [6.07, 6.45) is 7.66. The Bertz CT molecular complexity index is 995. The van der Waals surface area contributed by atoms with Crippen LogP contribution < -0.4 is 0 Å². The molecule has 0 amide bonds. The van der Waals surface area contributed by atoms with Gasteiger partial charge in [0.2, 0.25) is 0 Å². The molecule has 2 aromatic carbocycles. The predicted molar refractivity (Wildman–Crippen MR) is 113 cm³/mol. The van der Waals surface area contributed by atoms with Crippen LogP contribution in [0.3, 0.4) is 0 Å². The summed E-state index contributed by atoms with van der Waals surface area (Å²) >= 11 is 0. The van der Waals surface area contributed by atoms with Gasteiger partial charge in [-0.05, 0) is 32.9 Å². The van der Waals surface area contributed by atoms with Crippen molar-refractivity contribution in [2.75, 3.05) is 0 Å². The lowest BCUT2D eigenvalue weighted by Crippen LogP contribution is -2.02. The van der Waals surface area contributed by atoms with E-state index in [1.165, 1.54) is 11.1 Å². The van der Waals surface area contributed by atoms with Crippen LogP contribution in [0.25, 0.3) is 28.3 Å². The van der Waals surface area contributed by atoms with Gasteiger partial charge >= 0.3 is 0 Å². The molecule has 0 radical (unpaired) electrons. The van der Waals surface area contributed by atoms with Crippen LogP contribution in [-0.2, 0) is 0 Å². The smallest absolute Gasteiger partial charge is 0.164 e. The third-order valence-corrected chi connectivity index (χ3v) is 4.09. The molecule has 0 fully saturated rings. The molecule has 0 saturated heterocycles. The first-order chi connectivity index (χ1) is 13.1. The number of hydrogen-bond acceptors (Lipinski definition) is 3. The van der Waals surface area contributed by atoms with E-state index in [1.54, 1.807) is 6.08 Å². The van der Waals surface area contributed by atoms with E-state index in [4.69, 9.17) is 15.0 Å². The SMILES string of the molecule is C=C/C(=C\C=C/C)c1nc(-c2ccccc2)nc(-c2cc(C)cc(C)c2)n1. The van der Waals surface area contributed by atoms with Crippen LogP contribution >= 0.6 is 0 Å². The standard InChI is InChI=1S/C24H23N3/c1-5-7-11-19(6-2)22-25-23(20-12-9-8-10-13-20)27-24(26-22)21-15-17(3)14-18(4)16-21/h5-16H,2H2,1,3-4H3/b7-5-,19-11+. The van der Waals surface area contributed by atoms with Gasteiger partial charge < -0.3 is 0 Å². The minimum atomic E-state index is 0.617. The number of hydrogen-bond donors (Lipinski definition) is 0. The van der Waals surface area contributed by atoms with Crippen LogP contribution in [0.4, 0.5) is 0 Å². The third-order valence-electron chi connectivity index (χ3n) is 4.09.